The summed E-state index contributed by atoms with van der Waals surface area (Å²) in [7, 11) is 0. The highest BCUT2D eigenvalue weighted by Crippen LogP contribution is 2.24. The lowest BCUT2D eigenvalue weighted by atomic mass is 10.2. The molecule has 0 aromatic carbocycles. The average Bonchev–Trinajstić information content (AvgIpc) is 2.85. The zero-order chi connectivity index (χ0) is 15.4. The van der Waals surface area contributed by atoms with Gasteiger partial charge in [0.15, 0.2) is 0 Å². The SMILES string of the molecule is CCNc1nc(C(C)C)nc(NCc2sccc2C)c1C. The summed E-state index contributed by atoms with van der Waals surface area (Å²) < 4.78 is 0. The fourth-order valence-corrected chi connectivity index (χ4v) is 2.90. The molecule has 0 unspecified atom stereocenters. The van der Waals surface area contributed by atoms with Crippen molar-refractivity contribution in [1.29, 1.82) is 0 Å². The Kier molecular flexibility index (Phi) is 5.17. The lowest BCUT2D eigenvalue weighted by Gasteiger charge is -2.16. The smallest absolute Gasteiger partial charge is 0.135 e. The third-order valence-electron chi connectivity index (χ3n) is 3.41. The number of nitrogens with zero attached hydrogens (tertiary/aromatic N) is 2. The Labute approximate surface area is 131 Å². The molecule has 2 aromatic heterocycles. The molecular weight excluding hydrogens is 280 g/mol. The van der Waals surface area contributed by atoms with E-state index < -0.39 is 0 Å². The molecule has 0 amide bonds. The van der Waals surface area contributed by atoms with E-state index in [9.17, 15) is 0 Å². The second kappa shape index (κ2) is 6.89. The molecule has 2 heterocycles. The first-order valence-electron chi connectivity index (χ1n) is 7.42. The molecule has 0 bridgehead atoms. The molecule has 0 aliphatic rings. The molecular formula is C16H24N4S. The molecule has 0 saturated heterocycles. The van der Waals surface area contributed by atoms with Gasteiger partial charge in [0.05, 0.1) is 6.54 Å². The Bertz CT molecular complexity index is 604. The zero-order valence-electron chi connectivity index (χ0n) is 13.4. The van der Waals surface area contributed by atoms with E-state index in [1.165, 1.54) is 10.4 Å². The Morgan fingerprint density at radius 1 is 1.14 bits per heavy atom. The number of hydrogen-bond acceptors (Lipinski definition) is 5. The zero-order valence-corrected chi connectivity index (χ0v) is 14.3. The molecule has 0 spiro atoms. The maximum Gasteiger partial charge on any atom is 0.135 e. The number of thiophene rings is 1. The number of hydrogen-bond donors (Lipinski definition) is 2. The molecule has 114 valence electrons. The van der Waals surface area contributed by atoms with Crippen molar-refractivity contribution >= 4 is 23.0 Å². The highest BCUT2D eigenvalue weighted by atomic mass is 32.1. The second-order valence-corrected chi connectivity index (χ2v) is 6.47. The van der Waals surface area contributed by atoms with Crippen LogP contribution in [-0.2, 0) is 6.54 Å². The Morgan fingerprint density at radius 2 is 1.81 bits per heavy atom. The van der Waals surface area contributed by atoms with Crippen molar-refractivity contribution < 1.29 is 0 Å². The van der Waals surface area contributed by atoms with Crippen LogP contribution in [0.25, 0.3) is 0 Å². The van der Waals surface area contributed by atoms with Crippen LogP contribution in [-0.4, -0.2) is 16.5 Å². The van der Waals surface area contributed by atoms with Crippen LogP contribution in [0.2, 0.25) is 0 Å². The van der Waals surface area contributed by atoms with E-state index in [1.54, 1.807) is 11.3 Å². The van der Waals surface area contributed by atoms with E-state index in [0.29, 0.717) is 5.92 Å². The van der Waals surface area contributed by atoms with Crippen molar-refractivity contribution in [2.24, 2.45) is 0 Å². The van der Waals surface area contributed by atoms with Gasteiger partial charge in [-0.2, -0.15) is 0 Å². The van der Waals surface area contributed by atoms with Crippen LogP contribution in [0.4, 0.5) is 11.6 Å². The van der Waals surface area contributed by atoms with Crippen LogP contribution < -0.4 is 10.6 Å². The summed E-state index contributed by atoms with van der Waals surface area (Å²) >= 11 is 1.78. The monoisotopic (exact) mass is 304 g/mol. The summed E-state index contributed by atoms with van der Waals surface area (Å²) in [6.07, 6.45) is 0. The van der Waals surface area contributed by atoms with E-state index in [-0.39, 0.29) is 0 Å². The average molecular weight is 304 g/mol. The van der Waals surface area contributed by atoms with Crippen molar-refractivity contribution in [3.05, 3.63) is 33.3 Å². The molecule has 0 fully saturated rings. The number of aromatic nitrogens is 2. The fourth-order valence-electron chi connectivity index (χ4n) is 2.05. The van der Waals surface area contributed by atoms with Gasteiger partial charge in [-0.05, 0) is 37.8 Å². The molecule has 2 rings (SSSR count). The number of aryl methyl sites for hydroxylation is 1. The van der Waals surface area contributed by atoms with Gasteiger partial charge in [0.25, 0.3) is 0 Å². The number of nitrogens with one attached hydrogen (secondary N) is 2. The molecule has 2 N–H and O–H groups in total. The van der Waals surface area contributed by atoms with Gasteiger partial charge < -0.3 is 10.6 Å². The van der Waals surface area contributed by atoms with Gasteiger partial charge in [-0.3, -0.25) is 0 Å². The molecule has 0 saturated carbocycles. The highest BCUT2D eigenvalue weighted by Gasteiger charge is 2.13. The molecule has 0 aliphatic heterocycles. The van der Waals surface area contributed by atoms with Crippen molar-refractivity contribution in [3.63, 3.8) is 0 Å². The van der Waals surface area contributed by atoms with E-state index >= 15 is 0 Å². The van der Waals surface area contributed by atoms with Crippen molar-refractivity contribution in [1.82, 2.24) is 9.97 Å². The summed E-state index contributed by atoms with van der Waals surface area (Å²) in [6.45, 7) is 12.2. The quantitative estimate of drug-likeness (QED) is 0.834. The highest BCUT2D eigenvalue weighted by molar-refractivity contribution is 7.10. The second-order valence-electron chi connectivity index (χ2n) is 5.47. The summed E-state index contributed by atoms with van der Waals surface area (Å²) in [4.78, 5) is 10.7. The first-order chi connectivity index (χ1) is 10.0. The molecule has 21 heavy (non-hydrogen) atoms. The van der Waals surface area contributed by atoms with Gasteiger partial charge in [0.1, 0.15) is 17.5 Å². The lowest BCUT2D eigenvalue weighted by molar-refractivity contribution is 0.772. The standard InChI is InChI=1S/C16H24N4S/c1-6-17-15-12(5)16(20-14(19-15)10(2)3)18-9-13-11(4)7-8-21-13/h7-8,10H,6,9H2,1-5H3,(H2,17,18,19,20). The Morgan fingerprint density at radius 3 is 2.33 bits per heavy atom. The maximum atomic E-state index is 4.69. The van der Waals surface area contributed by atoms with Crippen LogP contribution in [0.1, 0.15) is 48.5 Å². The van der Waals surface area contributed by atoms with Gasteiger partial charge in [0, 0.05) is 22.9 Å². The summed E-state index contributed by atoms with van der Waals surface area (Å²) in [5.41, 5.74) is 2.41. The molecule has 5 heteroatoms. The summed E-state index contributed by atoms with van der Waals surface area (Å²) in [5.74, 6) is 3.05. The minimum Gasteiger partial charge on any atom is -0.370 e. The molecule has 4 nitrogen and oxygen atoms in total. The van der Waals surface area contributed by atoms with Gasteiger partial charge in [-0.1, -0.05) is 13.8 Å². The Balaban J connectivity index is 2.26. The minimum absolute atomic E-state index is 0.312. The first-order valence-corrected chi connectivity index (χ1v) is 8.30. The third-order valence-corrected chi connectivity index (χ3v) is 4.43. The lowest BCUT2D eigenvalue weighted by Crippen LogP contribution is -2.11. The largest absolute Gasteiger partial charge is 0.370 e. The molecule has 0 atom stereocenters. The van der Waals surface area contributed by atoms with Gasteiger partial charge in [-0.15, -0.1) is 11.3 Å². The van der Waals surface area contributed by atoms with Crippen molar-refractivity contribution in [2.75, 3.05) is 17.2 Å². The van der Waals surface area contributed by atoms with Crippen LogP contribution in [0.3, 0.4) is 0 Å². The predicted molar refractivity (Wildman–Crippen MR) is 91.4 cm³/mol. The summed E-state index contributed by atoms with van der Waals surface area (Å²) in [6, 6.07) is 2.15. The molecule has 0 aliphatic carbocycles. The maximum absolute atomic E-state index is 4.69. The van der Waals surface area contributed by atoms with Gasteiger partial charge >= 0.3 is 0 Å². The van der Waals surface area contributed by atoms with Crippen LogP contribution in [0.15, 0.2) is 11.4 Å². The molecule has 2 aromatic rings. The fraction of sp³-hybridized carbons (Fsp3) is 0.500. The first kappa shape index (κ1) is 15.8. The van der Waals surface area contributed by atoms with Crippen LogP contribution in [0, 0.1) is 13.8 Å². The number of rotatable bonds is 6. The van der Waals surface area contributed by atoms with E-state index in [4.69, 9.17) is 0 Å². The van der Waals surface area contributed by atoms with Gasteiger partial charge in [-0.25, -0.2) is 9.97 Å². The minimum atomic E-state index is 0.312. The van der Waals surface area contributed by atoms with Gasteiger partial charge in [0.2, 0.25) is 0 Å². The topological polar surface area (TPSA) is 49.8 Å². The van der Waals surface area contributed by atoms with E-state index in [2.05, 4.69) is 66.7 Å². The van der Waals surface area contributed by atoms with E-state index in [1.807, 2.05) is 0 Å². The van der Waals surface area contributed by atoms with E-state index in [0.717, 1.165) is 36.1 Å². The Hall–Kier alpha value is -1.62. The third kappa shape index (κ3) is 3.73. The normalized spacial score (nSPS) is 11.0. The molecule has 0 radical (unpaired) electrons. The van der Waals surface area contributed by atoms with Crippen molar-refractivity contribution in [2.45, 2.75) is 47.1 Å². The van der Waals surface area contributed by atoms with Crippen molar-refractivity contribution in [3.8, 4) is 0 Å². The number of anilines is 2. The summed E-state index contributed by atoms with van der Waals surface area (Å²) in [5, 5.41) is 8.92. The predicted octanol–water partition coefficient (Wildman–Crippen LogP) is 4.32. The van der Waals surface area contributed by atoms with Crippen LogP contribution >= 0.6 is 11.3 Å². The van der Waals surface area contributed by atoms with Crippen LogP contribution in [0.5, 0.6) is 0 Å².